The maximum atomic E-state index is 14.5. The number of amides is 2. The number of aromatic nitrogens is 2. The van der Waals surface area contributed by atoms with Crippen molar-refractivity contribution in [2.75, 3.05) is 31.6 Å². The van der Waals surface area contributed by atoms with Crippen LogP contribution in [-0.4, -0.2) is 53.5 Å². The van der Waals surface area contributed by atoms with Crippen LogP contribution in [0.25, 0.3) is 5.70 Å². The maximum Gasteiger partial charge on any atom is 0.319 e. The van der Waals surface area contributed by atoms with E-state index in [0.29, 0.717) is 24.7 Å². The summed E-state index contributed by atoms with van der Waals surface area (Å²) in [6.45, 7) is 7.06. The summed E-state index contributed by atoms with van der Waals surface area (Å²) in [4.78, 5) is 27.1. The summed E-state index contributed by atoms with van der Waals surface area (Å²) in [6, 6.07) is 7.31. The number of halogens is 1. The van der Waals surface area contributed by atoms with Gasteiger partial charge in [0.25, 0.3) is 0 Å². The zero-order chi connectivity index (χ0) is 23.3. The fourth-order valence-electron chi connectivity index (χ4n) is 3.25. The number of piperazine rings is 1. The SMILES string of the molecule is C=C1CN(c2nc(C(N)=CC(=NCc3ccccc3C)OC)ncc2F)CCN1C(N)=O. The van der Waals surface area contributed by atoms with Gasteiger partial charge in [-0.15, -0.1) is 0 Å². The van der Waals surface area contributed by atoms with Crippen LogP contribution in [0.5, 0.6) is 0 Å². The highest BCUT2D eigenvalue weighted by molar-refractivity contribution is 5.94. The molecule has 168 valence electrons. The molecule has 1 aliphatic heterocycles. The van der Waals surface area contributed by atoms with Gasteiger partial charge in [0.1, 0.15) is 0 Å². The molecule has 4 N–H and O–H groups in total. The summed E-state index contributed by atoms with van der Waals surface area (Å²) in [7, 11) is 1.49. The highest BCUT2D eigenvalue weighted by Crippen LogP contribution is 2.22. The summed E-state index contributed by atoms with van der Waals surface area (Å²) in [5.74, 6) is -0.122. The van der Waals surface area contributed by atoms with E-state index in [9.17, 15) is 9.18 Å². The van der Waals surface area contributed by atoms with E-state index in [-0.39, 0.29) is 30.4 Å². The van der Waals surface area contributed by atoms with Gasteiger partial charge in [0.05, 0.1) is 32.1 Å². The molecular weight excluding hydrogens is 413 g/mol. The number of benzene rings is 1. The van der Waals surface area contributed by atoms with Crippen LogP contribution in [0.4, 0.5) is 15.0 Å². The zero-order valence-electron chi connectivity index (χ0n) is 18.1. The third-order valence-corrected chi connectivity index (χ3v) is 5.05. The van der Waals surface area contributed by atoms with Crippen LogP contribution in [0.1, 0.15) is 17.0 Å². The Morgan fingerprint density at radius 2 is 2.09 bits per heavy atom. The van der Waals surface area contributed by atoms with Gasteiger partial charge in [0.2, 0.25) is 5.90 Å². The Balaban J connectivity index is 1.81. The Hall–Kier alpha value is -3.95. The van der Waals surface area contributed by atoms with Crippen molar-refractivity contribution in [3.8, 4) is 0 Å². The molecule has 0 saturated carbocycles. The molecule has 2 aromatic rings. The van der Waals surface area contributed by atoms with Crippen LogP contribution in [-0.2, 0) is 11.3 Å². The number of primary amides is 1. The van der Waals surface area contributed by atoms with E-state index in [0.717, 1.165) is 17.3 Å². The fraction of sp³-hybridized carbons (Fsp3) is 0.273. The number of ether oxygens (including phenoxy) is 1. The molecule has 0 bridgehead atoms. The summed E-state index contributed by atoms with van der Waals surface area (Å²) >= 11 is 0. The van der Waals surface area contributed by atoms with E-state index >= 15 is 0 Å². The fourth-order valence-corrected chi connectivity index (χ4v) is 3.25. The molecule has 32 heavy (non-hydrogen) atoms. The number of rotatable bonds is 5. The number of aliphatic imine (C=N–C) groups is 1. The molecule has 9 nitrogen and oxygen atoms in total. The van der Waals surface area contributed by atoms with Crippen LogP contribution < -0.4 is 16.4 Å². The average Bonchev–Trinajstić information content (AvgIpc) is 2.77. The minimum atomic E-state index is -0.609. The Kier molecular flexibility index (Phi) is 7.04. The minimum absolute atomic E-state index is 0.0624. The maximum absolute atomic E-state index is 14.5. The molecule has 3 rings (SSSR count). The molecule has 2 heterocycles. The van der Waals surface area contributed by atoms with Gasteiger partial charge in [-0.25, -0.2) is 24.1 Å². The van der Waals surface area contributed by atoms with E-state index in [4.69, 9.17) is 16.2 Å². The number of carbonyl (C=O) groups is 1. The van der Waals surface area contributed by atoms with Gasteiger partial charge in [-0.2, -0.15) is 0 Å². The summed E-state index contributed by atoms with van der Waals surface area (Å²) in [5, 5.41) is 0. The Morgan fingerprint density at radius 3 is 2.75 bits per heavy atom. The number of nitrogens with two attached hydrogens (primary N) is 2. The van der Waals surface area contributed by atoms with Crippen molar-refractivity contribution in [1.29, 1.82) is 0 Å². The smallest absolute Gasteiger partial charge is 0.319 e. The van der Waals surface area contributed by atoms with E-state index in [2.05, 4.69) is 21.5 Å². The number of methoxy groups -OCH3 is 1. The quantitative estimate of drug-likeness (QED) is 0.544. The molecule has 1 fully saturated rings. The second-order valence-corrected chi connectivity index (χ2v) is 7.23. The highest BCUT2D eigenvalue weighted by atomic mass is 19.1. The first-order valence-corrected chi connectivity index (χ1v) is 9.93. The van der Waals surface area contributed by atoms with Crippen molar-refractivity contribution in [3.63, 3.8) is 0 Å². The number of carbonyl (C=O) groups excluding carboxylic acids is 1. The van der Waals surface area contributed by atoms with Gasteiger partial charge in [-0.1, -0.05) is 30.8 Å². The van der Waals surface area contributed by atoms with Crippen molar-refractivity contribution in [2.24, 2.45) is 16.5 Å². The van der Waals surface area contributed by atoms with Crippen LogP contribution >= 0.6 is 0 Å². The third-order valence-electron chi connectivity index (χ3n) is 5.05. The second kappa shape index (κ2) is 9.90. The van der Waals surface area contributed by atoms with E-state index in [1.54, 1.807) is 4.90 Å². The van der Waals surface area contributed by atoms with Crippen LogP contribution in [0.3, 0.4) is 0 Å². The molecule has 2 amide bonds. The number of hydrogen-bond acceptors (Lipinski definition) is 7. The number of urea groups is 1. The standard InChI is InChI=1S/C22H26FN7O2/c1-14-6-4-5-7-16(14)11-26-19(32-3)10-18(24)20-27-12-17(23)21(28-20)29-8-9-30(22(25)31)15(2)13-29/h4-7,10,12H,2,8-9,11,13,24H2,1,3H3,(H2,25,31). The Bertz CT molecular complexity index is 1080. The lowest BCUT2D eigenvalue weighted by Gasteiger charge is -2.36. The molecule has 0 spiro atoms. The van der Waals surface area contributed by atoms with Crippen molar-refractivity contribution in [2.45, 2.75) is 13.5 Å². The third kappa shape index (κ3) is 5.20. The van der Waals surface area contributed by atoms with Crippen molar-refractivity contribution >= 4 is 23.4 Å². The van der Waals surface area contributed by atoms with Crippen LogP contribution in [0.15, 0.2) is 53.8 Å². The van der Waals surface area contributed by atoms with E-state index in [1.807, 2.05) is 31.2 Å². The first-order chi connectivity index (χ1) is 15.3. The number of nitrogens with zero attached hydrogens (tertiary/aromatic N) is 5. The van der Waals surface area contributed by atoms with Crippen molar-refractivity contribution in [1.82, 2.24) is 14.9 Å². The van der Waals surface area contributed by atoms with Crippen LogP contribution in [0.2, 0.25) is 0 Å². The summed E-state index contributed by atoms with van der Waals surface area (Å²) in [6.07, 6.45) is 2.55. The lowest BCUT2D eigenvalue weighted by molar-refractivity contribution is 0.217. The molecule has 10 heteroatoms. The van der Waals surface area contributed by atoms with Gasteiger partial charge >= 0.3 is 6.03 Å². The number of aryl methyl sites for hydroxylation is 1. The average molecular weight is 439 g/mol. The largest absolute Gasteiger partial charge is 0.481 e. The molecule has 0 unspecified atom stereocenters. The lowest BCUT2D eigenvalue weighted by Crippen LogP contribution is -2.49. The van der Waals surface area contributed by atoms with Crippen LogP contribution in [0, 0.1) is 12.7 Å². The second-order valence-electron chi connectivity index (χ2n) is 7.23. The van der Waals surface area contributed by atoms with E-state index in [1.165, 1.54) is 18.1 Å². The number of anilines is 1. The molecule has 0 aliphatic carbocycles. The molecule has 0 atom stereocenters. The van der Waals surface area contributed by atoms with Gasteiger partial charge < -0.3 is 21.1 Å². The highest BCUT2D eigenvalue weighted by Gasteiger charge is 2.26. The normalized spacial score (nSPS) is 15.2. The summed E-state index contributed by atoms with van der Waals surface area (Å²) in [5.41, 5.74) is 14.3. The van der Waals surface area contributed by atoms with Gasteiger partial charge in [0.15, 0.2) is 17.5 Å². The first kappa shape index (κ1) is 22.7. The Labute approximate surface area is 185 Å². The first-order valence-electron chi connectivity index (χ1n) is 9.93. The number of hydrogen-bond donors (Lipinski definition) is 2. The Morgan fingerprint density at radius 1 is 1.34 bits per heavy atom. The zero-order valence-corrected chi connectivity index (χ0v) is 18.1. The van der Waals surface area contributed by atoms with Crippen molar-refractivity contribution in [3.05, 3.63) is 71.6 Å². The molecular formula is C22H26FN7O2. The lowest BCUT2D eigenvalue weighted by atomic mass is 10.1. The summed E-state index contributed by atoms with van der Waals surface area (Å²) < 4.78 is 19.8. The topological polar surface area (TPSA) is 123 Å². The molecule has 1 aromatic carbocycles. The van der Waals surface area contributed by atoms with Gasteiger partial charge in [0, 0.05) is 24.9 Å². The molecule has 1 aliphatic rings. The van der Waals surface area contributed by atoms with Crippen molar-refractivity contribution < 1.29 is 13.9 Å². The molecule has 0 radical (unpaired) electrons. The molecule has 1 saturated heterocycles. The minimum Gasteiger partial charge on any atom is -0.481 e. The van der Waals surface area contributed by atoms with Gasteiger partial charge in [-0.3, -0.25) is 4.90 Å². The predicted molar refractivity (Wildman–Crippen MR) is 121 cm³/mol. The predicted octanol–water partition coefficient (Wildman–Crippen LogP) is 2.18. The van der Waals surface area contributed by atoms with E-state index < -0.39 is 11.8 Å². The molecule has 1 aromatic heterocycles. The van der Waals surface area contributed by atoms with Gasteiger partial charge in [-0.05, 0) is 18.1 Å². The monoisotopic (exact) mass is 439 g/mol.